The molecule has 0 atom stereocenters. The maximum Gasteiger partial charge on any atom is 0.286 e. The highest BCUT2D eigenvalue weighted by molar-refractivity contribution is 5.88. The first kappa shape index (κ1) is 7.65. The number of amides is 1. The minimum atomic E-state index is -0.590. The Morgan fingerprint density at radius 3 is 2.64 bits per heavy atom. The second kappa shape index (κ2) is 2.65. The summed E-state index contributed by atoms with van der Waals surface area (Å²) in [5.74, 6) is -0.513. The topological polar surface area (TPSA) is 68.9 Å². The molecule has 1 aromatic rings. The summed E-state index contributed by atoms with van der Waals surface area (Å²) in [6.07, 6.45) is 1.59. The third-order valence-corrected chi connectivity index (χ3v) is 1.45. The summed E-state index contributed by atoms with van der Waals surface area (Å²) in [6.45, 7) is 3.68. The number of rotatable bonds is 1. The minimum Gasteiger partial charge on any atom is -0.363 e. The number of aryl methyl sites for hydroxylation is 2. The Kier molecular flexibility index (Phi) is 1.85. The first-order valence-electron chi connectivity index (χ1n) is 3.21. The Morgan fingerprint density at radius 2 is 2.18 bits per heavy atom. The molecule has 1 aromatic heterocycles. The summed E-state index contributed by atoms with van der Waals surface area (Å²) in [6, 6.07) is 0. The molecule has 0 aliphatic rings. The number of carbonyl (C=O) groups excluding carboxylic acids is 1. The van der Waals surface area contributed by atoms with Crippen LogP contribution in [0, 0.1) is 13.8 Å². The van der Waals surface area contributed by atoms with Gasteiger partial charge in [0.2, 0.25) is 5.82 Å². The van der Waals surface area contributed by atoms with Crippen LogP contribution in [0.25, 0.3) is 0 Å². The smallest absolute Gasteiger partial charge is 0.286 e. The van der Waals surface area contributed by atoms with Gasteiger partial charge in [0.15, 0.2) is 0 Å². The van der Waals surface area contributed by atoms with Gasteiger partial charge >= 0.3 is 0 Å². The third-order valence-electron chi connectivity index (χ3n) is 1.45. The van der Waals surface area contributed by atoms with Crippen LogP contribution < -0.4 is 5.73 Å². The molecule has 4 heteroatoms. The van der Waals surface area contributed by atoms with Crippen LogP contribution in [-0.4, -0.2) is 15.9 Å². The van der Waals surface area contributed by atoms with Crippen LogP contribution in [0.15, 0.2) is 6.20 Å². The second-order valence-corrected chi connectivity index (χ2v) is 2.33. The predicted octanol–water partition coefficient (Wildman–Crippen LogP) is 0.192. The number of aromatic nitrogens is 2. The molecule has 1 rings (SSSR count). The van der Waals surface area contributed by atoms with E-state index < -0.39 is 5.91 Å². The molecule has 11 heavy (non-hydrogen) atoms. The lowest BCUT2D eigenvalue weighted by molar-refractivity contribution is 0.0990. The molecule has 58 valence electrons. The minimum absolute atomic E-state index is 0.0769. The SMILES string of the molecule is Cc1cnc(C(N)=O)nc1C. The van der Waals surface area contributed by atoms with Crippen molar-refractivity contribution in [2.24, 2.45) is 5.73 Å². The highest BCUT2D eigenvalue weighted by atomic mass is 16.1. The average Bonchev–Trinajstić information content (AvgIpc) is 1.94. The van der Waals surface area contributed by atoms with Gasteiger partial charge in [-0.1, -0.05) is 0 Å². The second-order valence-electron chi connectivity index (χ2n) is 2.33. The molecule has 0 radical (unpaired) electrons. The van der Waals surface area contributed by atoms with Crippen LogP contribution >= 0.6 is 0 Å². The van der Waals surface area contributed by atoms with Crippen molar-refractivity contribution in [3.8, 4) is 0 Å². The largest absolute Gasteiger partial charge is 0.363 e. The highest BCUT2D eigenvalue weighted by Crippen LogP contribution is 2.00. The van der Waals surface area contributed by atoms with E-state index in [-0.39, 0.29) is 5.82 Å². The number of carbonyl (C=O) groups is 1. The van der Waals surface area contributed by atoms with Gasteiger partial charge in [0.05, 0.1) is 0 Å². The third kappa shape index (κ3) is 1.52. The average molecular weight is 151 g/mol. The van der Waals surface area contributed by atoms with E-state index in [2.05, 4.69) is 9.97 Å². The van der Waals surface area contributed by atoms with Gasteiger partial charge in [0.25, 0.3) is 5.91 Å². The van der Waals surface area contributed by atoms with E-state index in [0.29, 0.717) is 0 Å². The van der Waals surface area contributed by atoms with Gasteiger partial charge in [0.1, 0.15) is 0 Å². The lowest BCUT2D eigenvalue weighted by Gasteiger charge is -1.98. The number of primary amides is 1. The highest BCUT2D eigenvalue weighted by Gasteiger charge is 2.03. The van der Waals surface area contributed by atoms with E-state index in [4.69, 9.17) is 5.73 Å². The standard InChI is InChI=1S/C7H9N3O/c1-4-3-9-7(6(8)11)10-5(4)2/h3H,1-2H3,(H2,8,11). The Bertz CT molecular complexity index is 296. The molecule has 1 heterocycles. The monoisotopic (exact) mass is 151 g/mol. The molecule has 0 fully saturated rings. The van der Waals surface area contributed by atoms with Crippen molar-refractivity contribution in [1.29, 1.82) is 0 Å². The van der Waals surface area contributed by atoms with Crippen molar-refractivity contribution in [1.82, 2.24) is 9.97 Å². The number of hydrogen-bond acceptors (Lipinski definition) is 3. The first-order valence-corrected chi connectivity index (χ1v) is 3.21. The van der Waals surface area contributed by atoms with E-state index in [1.807, 2.05) is 13.8 Å². The van der Waals surface area contributed by atoms with Gasteiger partial charge in [-0.25, -0.2) is 9.97 Å². The molecular formula is C7H9N3O. The molecule has 0 spiro atoms. The van der Waals surface area contributed by atoms with Crippen molar-refractivity contribution < 1.29 is 4.79 Å². The summed E-state index contributed by atoms with van der Waals surface area (Å²) in [7, 11) is 0. The molecule has 1 amide bonds. The number of nitrogens with two attached hydrogens (primary N) is 1. The molecule has 4 nitrogen and oxygen atoms in total. The van der Waals surface area contributed by atoms with Gasteiger partial charge in [0, 0.05) is 11.9 Å². The zero-order valence-corrected chi connectivity index (χ0v) is 6.46. The van der Waals surface area contributed by atoms with Gasteiger partial charge in [-0.15, -0.1) is 0 Å². The fraction of sp³-hybridized carbons (Fsp3) is 0.286. The maximum atomic E-state index is 10.6. The van der Waals surface area contributed by atoms with Crippen LogP contribution in [0.2, 0.25) is 0 Å². The molecule has 0 bridgehead atoms. The van der Waals surface area contributed by atoms with Crippen LogP contribution in [0.5, 0.6) is 0 Å². The van der Waals surface area contributed by atoms with Crippen molar-refractivity contribution >= 4 is 5.91 Å². The van der Waals surface area contributed by atoms with Gasteiger partial charge in [-0.05, 0) is 19.4 Å². The lowest BCUT2D eigenvalue weighted by atomic mass is 10.3. The Balaban J connectivity index is 3.15. The molecule has 0 saturated heterocycles. The van der Waals surface area contributed by atoms with Crippen LogP contribution in [-0.2, 0) is 0 Å². The Labute approximate surface area is 64.5 Å². The van der Waals surface area contributed by atoms with Crippen LogP contribution in [0.4, 0.5) is 0 Å². The summed E-state index contributed by atoms with van der Waals surface area (Å²) in [4.78, 5) is 18.2. The zero-order chi connectivity index (χ0) is 8.43. The lowest BCUT2D eigenvalue weighted by Crippen LogP contribution is -2.15. The quantitative estimate of drug-likeness (QED) is 0.623. The van der Waals surface area contributed by atoms with Crippen molar-refractivity contribution in [2.45, 2.75) is 13.8 Å². The summed E-state index contributed by atoms with van der Waals surface area (Å²) < 4.78 is 0. The summed E-state index contributed by atoms with van der Waals surface area (Å²) in [5.41, 5.74) is 6.71. The van der Waals surface area contributed by atoms with Gasteiger partial charge in [-0.3, -0.25) is 4.79 Å². The molecular weight excluding hydrogens is 142 g/mol. The van der Waals surface area contributed by atoms with Crippen LogP contribution in [0.1, 0.15) is 21.9 Å². The molecule has 0 aliphatic heterocycles. The van der Waals surface area contributed by atoms with Crippen molar-refractivity contribution in [3.63, 3.8) is 0 Å². The fourth-order valence-electron chi connectivity index (χ4n) is 0.646. The van der Waals surface area contributed by atoms with Crippen molar-refractivity contribution in [3.05, 3.63) is 23.3 Å². The van der Waals surface area contributed by atoms with E-state index in [1.54, 1.807) is 6.20 Å². The number of nitrogens with zero attached hydrogens (tertiary/aromatic N) is 2. The maximum absolute atomic E-state index is 10.6. The normalized spacial score (nSPS) is 9.64. The first-order chi connectivity index (χ1) is 5.11. The zero-order valence-electron chi connectivity index (χ0n) is 6.46. The number of hydrogen-bond donors (Lipinski definition) is 1. The molecule has 0 aromatic carbocycles. The van der Waals surface area contributed by atoms with Gasteiger partial charge in [-0.2, -0.15) is 0 Å². The molecule has 2 N–H and O–H groups in total. The Morgan fingerprint density at radius 1 is 1.55 bits per heavy atom. The Hall–Kier alpha value is -1.45. The van der Waals surface area contributed by atoms with Crippen LogP contribution in [0.3, 0.4) is 0 Å². The fourth-order valence-corrected chi connectivity index (χ4v) is 0.646. The molecule has 0 aliphatic carbocycles. The van der Waals surface area contributed by atoms with E-state index >= 15 is 0 Å². The van der Waals surface area contributed by atoms with E-state index in [9.17, 15) is 4.79 Å². The van der Waals surface area contributed by atoms with Gasteiger partial charge < -0.3 is 5.73 Å². The van der Waals surface area contributed by atoms with E-state index in [1.165, 1.54) is 0 Å². The predicted molar refractivity (Wildman–Crippen MR) is 40.0 cm³/mol. The summed E-state index contributed by atoms with van der Waals surface area (Å²) in [5, 5.41) is 0. The van der Waals surface area contributed by atoms with Crippen molar-refractivity contribution in [2.75, 3.05) is 0 Å². The summed E-state index contributed by atoms with van der Waals surface area (Å²) >= 11 is 0. The molecule has 0 saturated carbocycles. The molecule has 0 unspecified atom stereocenters. The van der Waals surface area contributed by atoms with E-state index in [0.717, 1.165) is 11.3 Å².